The number of rotatable bonds is 3. The van der Waals surface area contributed by atoms with E-state index >= 15 is 17.6 Å². The average molecular weight is 1290 g/mol. The molecule has 5 fully saturated rings. The zero-order valence-corrected chi connectivity index (χ0v) is 32.9. The molecule has 78 heavy (non-hydrogen) atoms. The molecule has 462 valence electrons. The van der Waals surface area contributed by atoms with Crippen molar-refractivity contribution < 1.29 is 220 Å². The molecule has 0 N–H and O–H groups in total. The molecule has 5 rings (SSSR count). The molecule has 0 amide bonds. The molecule has 50 heteroatoms. The second-order valence-electron chi connectivity index (χ2n) is 16.6. The predicted octanol–water partition coefficient (Wildman–Crippen LogP) is 15.3. The molecule has 0 spiro atoms. The summed E-state index contributed by atoms with van der Waals surface area (Å²) in [6, 6.07) is 0. The third-order valence-electron chi connectivity index (χ3n) is 13.0. The van der Waals surface area contributed by atoms with Gasteiger partial charge in [0.05, 0.1) is 0 Å². The predicted molar refractivity (Wildman–Crippen MR) is 132 cm³/mol. The molecular formula is C28F50. The SMILES string of the molecule is FC(F)(F)C(F)(F)C(F)(F)C(F)(F)C1(F)C(F)(F)C(F)(F)C(F)(F)C2(F)C(F)(F)C(F)(F)C(F)(F)C(F)(F)C12F.FC1(F)C(F)(F)C(F)(F)C2(F)C(F)(C1(F)F)C(F)(F)C(F)(F)C1(F)C(F)(F)C(F)(F)C(F)(F)C(F)(F)C12F. The van der Waals surface area contributed by atoms with Gasteiger partial charge in [-0.3, -0.25) is 0 Å². The van der Waals surface area contributed by atoms with Gasteiger partial charge in [0.2, 0.25) is 0 Å². The van der Waals surface area contributed by atoms with Gasteiger partial charge in [0, 0.05) is 0 Å². The largest absolute Gasteiger partial charge is 0.460 e. The first-order valence-electron chi connectivity index (χ1n) is 17.2. The minimum absolute atomic E-state index is 8.46. The van der Waals surface area contributed by atoms with E-state index in [1.807, 2.05) is 0 Å². The Hall–Kier alpha value is -3.50. The number of halogens is 50. The van der Waals surface area contributed by atoms with Gasteiger partial charge >= 0.3 is 125 Å². The van der Waals surface area contributed by atoms with Gasteiger partial charge < -0.3 is 0 Å². The Labute approximate surface area is 385 Å². The van der Waals surface area contributed by atoms with Crippen molar-refractivity contribution in [2.75, 3.05) is 0 Å². The molecule has 7 atom stereocenters. The molecule has 0 saturated heterocycles. The molecule has 7 unspecified atom stereocenters. The fraction of sp³-hybridized carbons (Fsp3) is 1.00. The molecule has 0 radical (unpaired) electrons. The number of hydrogen-bond acceptors (Lipinski definition) is 0. The molecule has 5 saturated carbocycles. The van der Waals surface area contributed by atoms with Crippen molar-refractivity contribution in [3.63, 3.8) is 0 Å². The van der Waals surface area contributed by atoms with Crippen LogP contribution in [0.15, 0.2) is 0 Å². The van der Waals surface area contributed by atoms with Gasteiger partial charge in [-0.15, -0.1) is 0 Å². The molecular weight excluding hydrogens is 1290 g/mol. The minimum Gasteiger partial charge on any atom is -0.229 e. The molecule has 5 aliphatic carbocycles. The summed E-state index contributed by atoms with van der Waals surface area (Å²) in [5.41, 5.74) is -68.6. The van der Waals surface area contributed by atoms with Crippen LogP contribution in [0.1, 0.15) is 0 Å². The standard InChI is InChI=1S/C14F26.C14F24/c15-1-2(16,7(24,25)11(32,33)10(30,31)4(1,18)19)5(20,21)9(28,29)6(22,23)3(1,17)8(26,27)12(34,35)13(36,37)14(38,39)40;15-1-2(16)4(18,10(29,30)14(37,38)12(33,34)6(2,21)22)8(25,26)7(23,24)3(1,17)9(27,28)13(35,36)11(31,32)5(1,19)20. The van der Waals surface area contributed by atoms with Crippen LogP contribution in [-0.2, 0) is 0 Å². The van der Waals surface area contributed by atoms with Crippen LogP contribution < -0.4 is 0 Å². The van der Waals surface area contributed by atoms with Crippen molar-refractivity contribution in [2.24, 2.45) is 0 Å². The smallest absolute Gasteiger partial charge is 0.229 e. The topological polar surface area (TPSA) is 0 Å². The second kappa shape index (κ2) is 14.3. The normalized spacial score (nSPS) is 42.5. The lowest BCUT2D eigenvalue weighted by molar-refractivity contribution is -0.587. The molecule has 0 aliphatic heterocycles. The first-order valence-corrected chi connectivity index (χ1v) is 17.2. The Kier molecular flexibility index (Phi) is 12.3. The highest BCUT2D eigenvalue weighted by Crippen LogP contribution is 2.88. The summed E-state index contributed by atoms with van der Waals surface area (Å²) in [7, 11) is 0. The zero-order valence-electron chi connectivity index (χ0n) is 32.9. The van der Waals surface area contributed by atoms with Crippen LogP contribution in [0, 0.1) is 0 Å². The van der Waals surface area contributed by atoms with Crippen molar-refractivity contribution in [3.8, 4) is 0 Å². The van der Waals surface area contributed by atoms with Crippen LogP contribution >= 0.6 is 0 Å². The second-order valence-corrected chi connectivity index (χ2v) is 16.6. The number of alkyl halides is 50. The maximum atomic E-state index is 15.3. The Bertz CT molecular complexity index is 2370. The fourth-order valence-electron chi connectivity index (χ4n) is 8.66. The number of fused-ring (bicyclic) bond motifs is 4. The first-order chi connectivity index (χ1) is 32.8. The molecule has 5 aliphatic rings. The van der Waals surface area contributed by atoms with E-state index in [2.05, 4.69) is 0 Å². The van der Waals surface area contributed by atoms with E-state index in [4.69, 9.17) is 0 Å². The lowest BCUT2D eigenvalue weighted by Crippen LogP contribution is -3.06. The van der Waals surface area contributed by atoms with Crippen LogP contribution in [0.4, 0.5) is 220 Å². The average Bonchev–Trinajstić information content (AvgIpc) is 3.23. The summed E-state index contributed by atoms with van der Waals surface area (Å²) in [5, 5.41) is 0. The van der Waals surface area contributed by atoms with Gasteiger partial charge in [0.1, 0.15) is 0 Å². The quantitative estimate of drug-likeness (QED) is 0.247. The molecule has 0 aromatic heterocycles. The molecule has 0 aromatic rings. The van der Waals surface area contributed by atoms with Crippen LogP contribution in [-0.4, -0.2) is 164 Å². The van der Waals surface area contributed by atoms with Crippen molar-refractivity contribution in [1.29, 1.82) is 0 Å². The van der Waals surface area contributed by atoms with E-state index in [-0.39, 0.29) is 0 Å². The van der Waals surface area contributed by atoms with E-state index in [0.717, 1.165) is 0 Å². The van der Waals surface area contributed by atoms with Gasteiger partial charge in [-0.05, 0) is 0 Å². The Morgan fingerprint density at radius 1 is 0.141 bits per heavy atom. The van der Waals surface area contributed by atoms with E-state index in [9.17, 15) is 202 Å². The van der Waals surface area contributed by atoms with Crippen LogP contribution in [0.3, 0.4) is 0 Å². The highest BCUT2D eigenvalue weighted by atomic mass is 19.4. The molecule has 0 heterocycles. The Balaban J connectivity index is 0.000000337. The van der Waals surface area contributed by atoms with Gasteiger partial charge in [-0.25, -0.2) is 30.7 Å². The summed E-state index contributed by atoms with van der Waals surface area (Å²) in [4.78, 5) is 0. The highest BCUT2D eigenvalue weighted by molar-refractivity contribution is 5.52. The minimum atomic E-state index is -10.2. The third kappa shape index (κ3) is 4.88. The van der Waals surface area contributed by atoms with E-state index in [1.54, 1.807) is 0 Å². The maximum absolute atomic E-state index is 15.3. The lowest BCUT2D eigenvalue weighted by Gasteiger charge is -2.70. The molecule has 0 bridgehead atoms. The molecule has 0 nitrogen and oxygen atoms in total. The fourth-order valence-corrected chi connectivity index (χ4v) is 8.66. The van der Waals surface area contributed by atoms with Crippen molar-refractivity contribution in [2.45, 2.75) is 164 Å². The monoisotopic (exact) mass is 1290 g/mol. The van der Waals surface area contributed by atoms with E-state index < -0.39 is 164 Å². The van der Waals surface area contributed by atoms with E-state index in [0.29, 0.717) is 0 Å². The highest BCUT2D eigenvalue weighted by Gasteiger charge is 3.22. The summed E-state index contributed by atoms with van der Waals surface area (Å²) < 4.78 is 697. The Morgan fingerprint density at radius 3 is 0.474 bits per heavy atom. The van der Waals surface area contributed by atoms with Gasteiger partial charge in [-0.2, -0.15) is 189 Å². The summed E-state index contributed by atoms with van der Waals surface area (Å²) in [6.45, 7) is 0. The lowest BCUT2D eigenvalue weighted by atomic mass is 9.43. The van der Waals surface area contributed by atoms with Gasteiger partial charge in [0.25, 0.3) is 39.7 Å². The first kappa shape index (κ1) is 67.0. The number of hydrogen-bond donors (Lipinski definition) is 0. The molecule has 0 aromatic carbocycles. The van der Waals surface area contributed by atoms with Crippen LogP contribution in [0.5, 0.6) is 0 Å². The van der Waals surface area contributed by atoms with Crippen LogP contribution in [0.2, 0.25) is 0 Å². The summed E-state index contributed by atoms with van der Waals surface area (Å²) in [6.07, 6.45) is -8.46. The van der Waals surface area contributed by atoms with Crippen molar-refractivity contribution >= 4 is 0 Å². The Morgan fingerprint density at radius 2 is 0.282 bits per heavy atom. The van der Waals surface area contributed by atoms with Crippen molar-refractivity contribution in [3.05, 3.63) is 0 Å². The van der Waals surface area contributed by atoms with E-state index in [1.165, 1.54) is 0 Å². The summed E-state index contributed by atoms with van der Waals surface area (Å²) in [5.74, 6) is -185. The van der Waals surface area contributed by atoms with Crippen LogP contribution in [0.25, 0.3) is 0 Å². The van der Waals surface area contributed by atoms with Gasteiger partial charge in [-0.1, -0.05) is 0 Å². The summed E-state index contributed by atoms with van der Waals surface area (Å²) >= 11 is 0. The van der Waals surface area contributed by atoms with Gasteiger partial charge in [0.15, 0.2) is 0 Å². The zero-order chi connectivity index (χ0) is 64.0. The van der Waals surface area contributed by atoms with Crippen molar-refractivity contribution in [1.82, 2.24) is 0 Å². The third-order valence-corrected chi connectivity index (χ3v) is 13.0. The maximum Gasteiger partial charge on any atom is 0.460 e.